The van der Waals surface area contributed by atoms with Crippen LogP contribution in [-0.4, -0.2) is 12.5 Å². The molecule has 0 spiro atoms. The second kappa shape index (κ2) is 9.32. The Hall–Kier alpha value is -2.94. The fraction of sp³-hybridized carbons (Fsp3) is 0.240. The van der Waals surface area contributed by atoms with Crippen LogP contribution in [0, 0.1) is 5.82 Å². The first-order chi connectivity index (χ1) is 13.6. The van der Waals surface area contributed by atoms with E-state index in [1.54, 1.807) is 0 Å². The largest absolute Gasteiger partial charge is 0.352 e. The second-order valence-corrected chi connectivity index (χ2v) is 7.14. The SMILES string of the molecule is CCC(C)c1ccc(-c2ccc(CCNC(=O)c3ccc(F)cc3)cc2)cc1. The molecule has 0 aliphatic rings. The van der Waals surface area contributed by atoms with Crippen molar-refractivity contribution in [2.75, 3.05) is 6.54 Å². The number of carbonyl (C=O) groups is 1. The van der Waals surface area contributed by atoms with Gasteiger partial charge in [0, 0.05) is 12.1 Å². The van der Waals surface area contributed by atoms with Gasteiger partial charge in [-0.05, 0) is 65.3 Å². The van der Waals surface area contributed by atoms with Gasteiger partial charge in [-0.15, -0.1) is 0 Å². The number of benzene rings is 3. The van der Waals surface area contributed by atoms with Crippen LogP contribution in [0.3, 0.4) is 0 Å². The van der Waals surface area contributed by atoms with E-state index in [0.29, 0.717) is 18.0 Å². The minimum absolute atomic E-state index is 0.182. The number of amides is 1. The fourth-order valence-electron chi connectivity index (χ4n) is 3.13. The molecule has 1 atom stereocenters. The summed E-state index contributed by atoms with van der Waals surface area (Å²) in [5, 5.41) is 2.87. The highest BCUT2D eigenvalue weighted by atomic mass is 19.1. The molecule has 1 unspecified atom stereocenters. The second-order valence-electron chi connectivity index (χ2n) is 7.14. The van der Waals surface area contributed by atoms with Crippen molar-refractivity contribution < 1.29 is 9.18 Å². The molecular weight excluding hydrogens is 349 g/mol. The van der Waals surface area contributed by atoms with Crippen molar-refractivity contribution in [3.8, 4) is 11.1 Å². The van der Waals surface area contributed by atoms with Crippen LogP contribution in [0.2, 0.25) is 0 Å². The highest BCUT2D eigenvalue weighted by Crippen LogP contribution is 2.24. The lowest BCUT2D eigenvalue weighted by molar-refractivity contribution is 0.0954. The van der Waals surface area contributed by atoms with Crippen molar-refractivity contribution in [2.24, 2.45) is 0 Å². The van der Waals surface area contributed by atoms with Gasteiger partial charge in [-0.1, -0.05) is 62.4 Å². The van der Waals surface area contributed by atoms with E-state index in [9.17, 15) is 9.18 Å². The monoisotopic (exact) mass is 375 g/mol. The van der Waals surface area contributed by atoms with Crippen molar-refractivity contribution in [2.45, 2.75) is 32.6 Å². The van der Waals surface area contributed by atoms with Gasteiger partial charge in [0.15, 0.2) is 0 Å². The lowest BCUT2D eigenvalue weighted by Gasteiger charge is -2.10. The van der Waals surface area contributed by atoms with Gasteiger partial charge in [-0.2, -0.15) is 0 Å². The van der Waals surface area contributed by atoms with Crippen molar-refractivity contribution in [3.05, 3.63) is 95.3 Å². The first-order valence-corrected chi connectivity index (χ1v) is 9.80. The molecule has 144 valence electrons. The summed E-state index contributed by atoms with van der Waals surface area (Å²) < 4.78 is 12.9. The normalized spacial score (nSPS) is 11.8. The molecule has 0 radical (unpaired) electrons. The van der Waals surface area contributed by atoms with E-state index in [4.69, 9.17) is 0 Å². The first-order valence-electron chi connectivity index (χ1n) is 9.80. The van der Waals surface area contributed by atoms with Gasteiger partial charge in [0.25, 0.3) is 5.91 Å². The third-order valence-corrected chi connectivity index (χ3v) is 5.19. The van der Waals surface area contributed by atoms with Crippen LogP contribution in [-0.2, 0) is 6.42 Å². The molecule has 0 aliphatic heterocycles. The summed E-state index contributed by atoms with van der Waals surface area (Å²) in [6.07, 6.45) is 1.89. The first kappa shape index (κ1) is 19.8. The molecular formula is C25H26FNO. The molecule has 28 heavy (non-hydrogen) atoms. The number of carbonyl (C=O) groups excluding carboxylic acids is 1. The molecule has 2 nitrogen and oxygen atoms in total. The third kappa shape index (κ3) is 5.07. The van der Waals surface area contributed by atoms with Gasteiger partial charge in [0.1, 0.15) is 5.82 Å². The Morgan fingerprint density at radius 2 is 1.46 bits per heavy atom. The third-order valence-electron chi connectivity index (χ3n) is 5.19. The molecule has 0 aliphatic carbocycles. The maximum atomic E-state index is 12.9. The van der Waals surface area contributed by atoms with Gasteiger partial charge < -0.3 is 5.32 Å². The summed E-state index contributed by atoms with van der Waals surface area (Å²) in [5.41, 5.74) is 5.41. The molecule has 0 saturated carbocycles. The summed E-state index contributed by atoms with van der Waals surface area (Å²) in [5.74, 6) is 0.0609. The van der Waals surface area contributed by atoms with E-state index in [2.05, 4.69) is 67.7 Å². The molecule has 0 fully saturated rings. The van der Waals surface area contributed by atoms with Crippen LogP contribution in [0.1, 0.15) is 47.7 Å². The van der Waals surface area contributed by atoms with Crippen molar-refractivity contribution in [1.29, 1.82) is 0 Å². The van der Waals surface area contributed by atoms with Gasteiger partial charge >= 0.3 is 0 Å². The average molecular weight is 375 g/mol. The Bertz CT molecular complexity index is 899. The predicted molar refractivity (Wildman–Crippen MR) is 113 cm³/mol. The van der Waals surface area contributed by atoms with Crippen LogP contribution in [0.4, 0.5) is 4.39 Å². The maximum absolute atomic E-state index is 12.9. The van der Waals surface area contributed by atoms with Crippen molar-refractivity contribution in [3.63, 3.8) is 0 Å². The smallest absolute Gasteiger partial charge is 0.251 e. The number of rotatable bonds is 7. The van der Waals surface area contributed by atoms with Crippen molar-refractivity contribution in [1.82, 2.24) is 5.32 Å². The Kier molecular flexibility index (Phi) is 6.59. The highest BCUT2D eigenvalue weighted by Gasteiger charge is 2.06. The van der Waals surface area contributed by atoms with Crippen LogP contribution >= 0.6 is 0 Å². The summed E-state index contributed by atoms with van der Waals surface area (Å²) in [6, 6.07) is 22.8. The van der Waals surface area contributed by atoms with Crippen LogP contribution in [0.5, 0.6) is 0 Å². The molecule has 3 aromatic rings. The lowest BCUT2D eigenvalue weighted by Crippen LogP contribution is -2.25. The van der Waals surface area contributed by atoms with Gasteiger partial charge in [0.05, 0.1) is 0 Å². The molecule has 0 bridgehead atoms. The topological polar surface area (TPSA) is 29.1 Å². The number of nitrogens with one attached hydrogen (secondary N) is 1. The van der Waals surface area contributed by atoms with E-state index in [-0.39, 0.29) is 11.7 Å². The summed E-state index contributed by atoms with van der Waals surface area (Å²) in [4.78, 5) is 12.0. The molecule has 0 saturated heterocycles. The van der Waals surface area contributed by atoms with E-state index < -0.39 is 0 Å². The molecule has 1 amide bonds. The highest BCUT2D eigenvalue weighted by molar-refractivity contribution is 5.94. The summed E-state index contributed by atoms with van der Waals surface area (Å²) in [6.45, 7) is 5.00. The zero-order valence-electron chi connectivity index (χ0n) is 16.4. The van der Waals surface area contributed by atoms with E-state index in [1.807, 2.05) is 0 Å². The minimum atomic E-state index is -0.342. The molecule has 1 N–H and O–H groups in total. The Morgan fingerprint density at radius 3 is 2.04 bits per heavy atom. The Balaban J connectivity index is 1.54. The molecule has 0 aromatic heterocycles. The van der Waals surface area contributed by atoms with Gasteiger partial charge in [0.2, 0.25) is 0 Å². The minimum Gasteiger partial charge on any atom is -0.352 e. The lowest BCUT2D eigenvalue weighted by atomic mass is 9.95. The predicted octanol–water partition coefficient (Wildman–Crippen LogP) is 5.98. The van der Waals surface area contributed by atoms with E-state index in [0.717, 1.165) is 12.8 Å². The fourth-order valence-corrected chi connectivity index (χ4v) is 3.13. The van der Waals surface area contributed by atoms with E-state index in [1.165, 1.54) is 46.5 Å². The van der Waals surface area contributed by atoms with Crippen molar-refractivity contribution >= 4 is 5.91 Å². The van der Waals surface area contributed by atoms with Crippen LogP contribution < -0.4 is 5.32 Å². The van der Waals surface area contributed by atoms with E-state index >= 15 is 0 Å². The van der Waals surface area contributed by atoms with Crippen LogP contribution in [0.25, 0.3) is 11.1 Å². The average Bonchev–Trinajstić information content (AvgIpc) is 2.74. The maximum Gasteiger partial charge on any atom is 0.251 e. The number of hydrogen-bond acceptors (Lipinski definition) is 1. The zero-order chi connectivity index (χ0) is 19.9. The summed E-state index contributed by atoms with van der Waals surface area (Å²) in [7, 11) is 0. The number of halogens is 1. The molecule has 3 aromatic carbocycles. The zero-order valence-corrected chi connectivity index (χ0v) is 16.4. The van der Waals surface area contributed by atoms with Crippen LogP contribution in [0.15, 0.2) is 72.8 Å². The molecule has 3 rings (SSSR count). The standard InChI is InChI=1S/C25H26FNO/c1-3-18(2)20-8-10-22(11-9-20)21-6-4-19(5-7-21)16-17-27-25(28)23-12-14-24(26)15-13-23/h4-15,18H,3,16-17H2,1-2H3,(H,27,28). The van der Waals surface area contributed by atoms with Gasteiger partial charge in [-0.3, -0.25) is 4.79 Å². The molecule has 0 heterocycles. The quantitative estimate of drug-likeness (QED) is 0.541. The Labute approximate surface area is 166 Å². The Morgan fingerprint density at radius 1 is 0.893 bits per heavy atom. The summed E-state index contributed by atoms with van der Waals surface area (Å²) >= 11 is 0. The number of hydrogen-bond donors (Lipinski definition) is 1. The molecule has 3 heteroatoms. The van der Waals surface area contributed by atoms with Gasteiger partial charge in [-0.25, -0.2) is 4.39 Å².